The highest BCUT2D eigenvalue weighted by molar-refractivity contribution is 9.10. The topological polar surface area (TPSA) is 4.93 Å². The van der Waals surface area contributed by atoms with Crippen LogP contribution in [0.2, 0.25) is 0 Å². The van der Waals surface area contributed by atoms with Gasteiger partial charge in [0.15, 0.2) is 0 Å². The van der Waals surface area contributed by atoms with E-state index in [1.807, 2.05) is 0 Å². The third-order valence-corrected chi connectivity index (χ3v) is 5.49. The lowest BCUT2D eigenvalue weighted by Crippen LogP contribution is -2.09. The molecule has 0 N–H and O–H groups in total. The summed E-state index contributed by atoms with van der Waals surface area (Å²) >= 11 is 11.5. The fourth-order valence-electron chi connectivity index (χ4n) is 2.86. The Kier molecular flexibility index (Phi) is 4.45. The molecule has 0 saturated carbocycles. The van der Waals surface area contributed by atoms with Crippen molar-refractivity contribution in [2.24, 2.45) is 0 Å². The number of benzene rings is 1. The molecule has 0 spiro atoms. The van der Waals surface area contributed by atoms with Gasteiger partial charge in [-0.05, 0) is 48.8 Å². The predicted octanol–water partition coefficient (Wildman–Crippen LogP) is 5.21. The van der Waals surface area contributed by atoms with Gasteiger partial charge in [-0.1, -0.05) is 15.9 Å². The fraction of sp³-hybridized carbons (Fsp3) is 0.467. The summed E-state index contributed by atoms with van der Waals surface area (Å²) in [5, 5.41) is 1.43. The molecule has 0 atom stereocenters. The minimum Gasteiger partial charge on any atom is -0.344 e. The number of nitrogens with zero attached hydrogens (tertiary/aromatic N) is 1. The molecule has 1 nitrogen and oxygen atoms in total. The van der Waals surface area contributed by atoms with Crippen LogP contribution in [0.25, 0.3) is 10.9 Å². The Morgan fingerprint density at radius 1 is 1.32 bits per heavy atom. The number of fused-ring (bicyclic) bond motifs is 3. The van der Waals surface area contributed by atoms with E-state index in [9.17, 15) is 0 Å². The third-order valence-electron chi connectivity index (χ3n) is 3.74. The van der Waals surface area contributed by atoms with Gasteiger partial charge in [0.05, 0.1) is 0 Å². The van der Waals surface area contributed by atoms with Gasteiger partial charge in [-0.25, -0.2) is 0 Å². The molecule has 0 radical (unpaired) electrons. The second kappa shape index (κ2) is 6.11. The number of hydrogen-bond acceptors (Lipinski definition) is 1. The second-order valence-corrected chi connectivity index (χ2v) is 7.34. The van der Waals surface area contributed by atoms with Crippen molar-refractivity contribution in [2.45, 2.75) is 31.6 Å². The van der Waals surface area contributed by atoms with E-state index in [4.69, 9.17) is 11.6 Å². The van der Waals surface area contributed by atoms with Gasteiger partial charge in [-0.3, -0.25) is 0 Å². The minimum absolute atomic E-state index is 0.767. The van der Waals surface area contributed by atoms with Gasteiger partial charge in [0.2, 0.25) is 0 Å². The Hall–Kier alpha value is -0.120. The third kappa shape index (κ3) is 2.70. The van der Waals surface area contributed by atoms with Crippen LogP contribution in [0, 0.1) is 0 Å². The monoisotopic (exact) mass is 357 g/mol. The molecular weight excluding hydrogens is 342 g/mol. The first kappa shape index (κ1) is 13.8. The quantitative estimate of drug-likeness (QED) is 0.536. The zero-order valence-electron chi connectivity index (χ0n) is 10.8. The standard InChI is InChI=1S/C15H17BrClNS/c16-11-3-4-14-12(9-11)13-10-19-8-5-15(13)18(14)7-2-1-6-17/h3-4,9H,1-2,5-8,10H2. The number of alkyl halides is 1. The van der Waals surface area contributed by atoms with Crippen LogP contribution in [0.15, 0.2) is 22.7 Å². The van der Waals surface area contributed by atoms with Crippen LogP contribution in [-0.4, -0.2) is 16.2 Å². The average Bonchev–Trinajstić information content (AvgIpc) is 2.73. The normalized spacial score (nSPS) is 14.8. The highest BCUT2D eigenvalue weighted by atomic mass is 79.9. The van der Waals surface area contributed by atoms with Crippen molar-refractivity contribution in [1.29, 1.82) is 0 Å². The van der Waals surface area contributed by atoms with Crippen molar-refractivity contribution in [3.05, 3.63) is 33.9 Å². The van der Waals surface area contributed by atoms with Crippen LogP contribution >= 0.6 is 39.3 Å². The van der Waals surface area contributed by atoms with Gasteiger partial charge in [0, 0.05) is 39.2 Å². The Balaban J connectivity index is 2.08. The molecule has 0 aliphatic carbocycles. The maximum atomic E-state index is 5.81. The van der Waals surface area contributed by atoms with Crippen LogP contribution in [0.5, 0.6) is 0 Å². The average molecular weight is 359 g/mol. The zero-order valence-corrected chi connectivity index (χ0v) is 14.0. The first-order valence-electron chi connectivity index (χ1n) is 6.74. The lowest BCUT2D eigenvalue weighted by Gasteiger charge is -2.15. The van der Waals surface area contributed by atoms with E-state index in [0.717, 1.165) is 24.6 Å². The van der Waals surface area contributed by atoms with Gasteiger partial charge in [-0.15, -0.1) is 11.6 Å². The highest BCUT2D eigenvalue weighted by Crippen LogP contribution is 2.35. The van der Waals surface area contributed by atoms with Crippen molar-refractivity contribution in [3.63, 3.8) is 0 Å². The van der Waals surface area contributed by atoms with E-state index in [-0.39, 0.29) is 0 Å². The van der Waals surface area contributed by atoms with E-state index in [2.05, 4.69) is 50.5 Å². The summed E-state index contributed by atoms with van der Waals surface area (Å²) in [5.41, 5.74) is 4.50. The van der Waals surface area contributed by atoms with Crippen molar-refractivity contribution in [1.82, 2.24) is 4.57 Å². The van der Waals surface area contributed by atoms with E-state index in [0.29, 0.717) is 0 Å². The molecule has 1 aromatic carbocycles. The van der Waals surface area contributed by atoms with Gasteiger partial charge >= 0.3 is 0 Å². The first-order chi connectivity index (χ1) is 9.31. The number of thioether (sulfide) groups is 1. The smallest absolute Gasteiger partial charge is 0.0486 e. The predicted molar refractivity (Wildman–Crippen MR) is 89.5 cm³/mol. The van der Waals surface area contributed by atoms with E-state index < -0.39 is 0 Å². The van der Waals surface area contributed by atoms with Crippen molar-refractivity contribution < 1.29 is 0 Å². The van der Waals surface area contributed by atoms with Crippen LogP contribution < -0.4 is 0 Å². The molecule has 1 aliphatic heterocycles. The van der Waals surface area contributed by atoms with Gasteiger partial charge < -0.3 is 4.57 Å². The molecule has 0 unspecified atom stereocenters. The molecular formula is C15H17BrClNS. The summed E-state index contributed by atoms with van der Waals surface area (Å²) in [6.45, 7) is 1.10. The largest absolute Gasteiger partial charge is 0.344 e. The lowest BCUT2D eigenvalue weighted by molar-refractivity contribution is 0.628. The maximum absolute atomic E-state index is 5.81. The summed E-state index contributed by atoms with van der Waals surface area (Å²) in [6.07, 6.45) is 3.47. The van der Waals surface area contributed by atoms with Crippen LogP contribution in [0.3, 0.4) is 0 Å². The van der Waals surface area contributed by atoms with Gasteiger partial charge in [0.1, 0.15) is 0 Å². The van der Waals surface area contributed by atoms with Gasteiger partial charge in [0.25, 0.3) is 0 Å². The minimum atomic E-state index is 0.767. The fourth-order valence-corrected chi connectivity index (χ4v) is 4.42. The second-order valence-electron chi connectivity index (χ2n) is 4.94. The molecule has 0 fully saturated rings. The zero-order chi connectivity index (χ0) is 13.2. The molecule has 0 amide bonds. The highest BCUT2D eigenvalue weighted by Gasteiger charge is 2.19. The molecule has 2 heterocycles. The Morgan fingerprint density at radius 3 is 3.05 bits per heavy atom. The molecule has 102 valence electrons. The van der Waals surface area contributed by atoms with Crippen LogP contribution in [-0.2, 0) is 18.7 Å². The number of hydrogen-bond donors (Lipinski definition) is 0. The number of halogens is 2. The summed E-state index contributed by atoms with van der Waals surface area (Å²) in [4.78, 5) is 0. The number of aromatic nitrogens is 1. The summed E-state index contributed by atoms with van der Waals surface area (Å²) < 4.78 is 3.71. The van der Waals surface area contributed by atoms with Crippen LogP contribution in [0.1, 0.15) is 24.1 Å². The molecule has 0 saturated heterocycles. The number of rotatable bonds is 4. The summed E-state index contributed by atoms with van der Waals surface area (Å²) in [7, 11) is 0. The Bertz CT molecular complexity index is 593. The molecule has 2 aromatic rings. The molecule has 1 aliphatic rings. The number of aryl methyl sites for hydroxylation is 1. The molecule has 3 rings (SSSR count). The molecule has 1 aromatic heterocycles. The summed E-state index contributed by atoms with van der Waals surface area (Å²) in [5.74, 6) is 3.17. The molecule has 0 bridgehead atoms. The Labute approximate surface area is 131 Å². The summed E-state index contributed by atoms with van der Waals surface area (Å²) in [6, 6.07) is 6.68. The van der Waals surface area contributed by atoms with Crippen LogP contribution in [0.4, 0.5) is 0 Å². The molecule has 19 heavy (non-hydrogen) atoms. The molecule has 4 heteroatoms. The lowest BCUT2D eigenvalue weighted by atomic mass is 10.1. The van der Waals surface area contributed by atoms with E-state index in [1.54, 1.807) is 11.3 Å². The van der Waals surface area contributed by atoms with E-state index in [1.165, 1.54) is 34.0 Å². The SMILES string of the molecule is ClCCCCn1c2c(c3cc(Br)ccc31)CSCC2. The maximum Gasteiger partial charge on any atom is 0.0486 e. The number of unbranched alkanes of at least 4 members (excludes halogenated alkanes) is 1. The van der Waals surface area contributed by atoms with Crippen molar-refractivity contribution in [3.8, 4) is 0 Å². The first-order valence-corrected chi connectivity index (χ1v) is 9.22. The Morgan fingerprint density at radius 2 is 2.21 bits per heavy atom. The van der Waals surface area contributed by atoms with Gasteiger partial charge in [-0.2, -0.15) is 11.8 Å². The van der Waals surface area contributed by atoms with E-state index >= 15 is 0 Å². The van der Waals surface area contributed by atoms with Crippen molar-refractivity contribution >= 4 is 50.2 Å². The van der Waals surface area contributed by atoms with Crippen molar-refractivity contribution in [2.75, 3.05) is 11.6 Å².